The number of halogens is 5. The van der Waals surface area contributed by atoms with Crippen molar-refractivity contribution in [2.75, 3.05) is 0 Å². The Hall–Kier alpha value is -2.93. The van der Waals surface area contributed by atoms with Gasteiger partial charge in [-0.05, 0) is 30.3 Å². The van der Waals surface area contributed by atoms with Crippen LogP contribution in [0.15, 0.2) is 48.5 Å². The second kappa shape index (κ2) is 7.13. The first-order valence-electron chi connectivity index (χ1n) is 7.19. The zero-order valence-electron chi connectivity index (χ0n) is 12.9. The third kappa shape index (κ3) is 3.83. The molecule has 0 atom stereocenters. The Morgan fingerprint density at radius 2 is 1.19 bits per heavy atom. The number of benzene rings is 2. The van der Waals surface area contributed by atoms with Crippen LogP contribution in [0.2, 0.25) is 5.15 Å². The summed E-state index contributed by atoms with van der Waals surface area (Å²) in [7, 11) is 0. The van der Waals surface area contributed by atoms with Crippen LogP contribution < -0.4 is 0 Å². The summed E-state index contributed by atoms with van der Waals surface area (Å²) in [5.41, 5.74) is 0.0651. The van der Waals surface area contributed by atoms with E-state index in [4.69, 9.17) is 16.7 Å². The van der Waals surface area contributed by atoms with Gasteiger partial charge in [-0.2, -0.15) is 0 Å². The SMILES string of the molecule is Fc1cc(F)c2nc(Cl)ccc2c1.Oc1ccc2cc(F)cc(F)c2n1. The number of hydrogen-bond donors (Lipinski definition) is 1. The van der Waals surface area contributed by atoms with Gasteiger partial charge in [0, 0.05) is 29.0 Å². The van der Waals surface area contributed by atoms with Gasteiger partial charge in [-0.15, -0.1) is 0 Å². The maximum absolute atomic E-state index is 13.1. The minimum absolute atomic E-state index is 0.0265. The Bertz CT molecular complexity index is 1030. The van der Waals surface area contributed by atoms with E-state index in [2.05, 4.69) is 9.97 Å². The number of rotatable bonds is 0. The first-order valence-corrected chi connectivity index (χ1v) is 7.57. The normalized spacial score (nSPS) is 10.7. The van der Waals surface area contributed by atoms with Crippen molar-refractivity contribution in [2.45, 2.75) is 0 Å². The van der Waals surface area contributed by atoms with Gasteiger partial charge in [-0.3, -0.25) is 0 Å². The summed E-state index contributed by atoms with van der Waals surface area (Å²) in [5.74, 6) is -3.02. The molecular weight excluding hydrogens is 372 g/mol. The van der Waals surface area contributed by atoms with E-state index in [0.29, 0.717) is 10.8 Å². The van der Waals surface area contributed by atoms with Crippen molar-refractivity contribution in [3.05, 3.63) is 77.0 Å². The first-order chi connectivity index (χ1) is 12.3. The lowest BCUT2D eigenvalue weighted by atomic mass is 10.2. The largest absolute Gasteiger partial charge is 0.493 e. The molecule has 0 radical (unpaired) electrons. The van der Waals surface area contributed by atoms with Crippen molar-refractivity contribution in [3.63, 3.8) is 0 Å². The fourth-order valence-corrected chi connectivity index (χ4v) is 2.43. The molecule has 2 aromatic carbocycles. The molecule has 4 aromatic rings. The Morgan fingerprint density at radius 1 is 0.692 bits per heavy atom. The van der Waals surface area contributed by atoms with Gasteiger partial charge in [0.1, 0.15) is 27.8 Å². The standard InChI is InChI=1S/C9H4ClF2N.C9H5F2NO/c10-8-2-1-5-3-6(11)4-7(12)9(5)13-8;10-6-3-5-1-2-8(13)12-9(5)7(11)4-6/h1-4H;1-4H,(H,12,13). The van der Waals surface area contributed by atoms with E-state index in [-0.39, 0.29) is 22.1 Å². The molecule has 0 spiro atoms. The van der Waals surface area contributed by atoms with E-state index >= 15 is 0 Å². The summed E-state index contributed by atoms with van der Waals surface area (Å²) in [6, 6.07) is 9.58. The van der Waals surface area contributed by atoms with Crippen molar-refractivity contribution in [1.82, 2.24) is 9.97 Å². The highest BCUT2D eigenvalue weighted by Gasteiger charge is 2.06. The fraction of sp³-hybridized carbons (Fsp3) is 0. The molecule has 3 nitrogen and oxygen atoms in total. The number of aromatic hydroxyl groups is 1. The topological polar surface area (TPSA) is 46.0 Å². The van der Waals surface area contributed by atoms with E-state index in [9.17, 15) is 17.6 Å². The van der Waals surface area contributed by atoms with Crippen LogP contribution in [0.3, 0.4) is 0 Å². The molecule has 0 aliphatic heterocycles. The van der Waals surface area contributed by atoms with Gasteiger partial charge in [-0.1, -0.05) is 11.6 Å². The van der Waals surface area contributed by atoms with Gasteiger partial charge in [0.15, 0.2) is 11.6 Å². The Morgan fingerprint density at radius 3 is 1.77 bits per heavy atom. The lowest BCUT2D eigenvalue weighted by molar-refractivity contribution is 0.454. The number of pyridine rings is 2. The van der Waals surface area contributed by atoms with E-state index in [1.807, 2.05) is 0 Å². The zero-order chi connectivity index (χ0) is 18.8. The van der Waals surface area contributed by atoms with Crippen molar-refractivity contribution < 1.29 is 22.7 Å². The number of nitrogens with zero attached hydrogens (tertiary/aromatic N) is 2. The summed E-state index contributed by atoms with van der Waals surface area (Å²) >= 11 is 5.56. The molecule has 0 fully saturated rings. The predicted octanol–water partition coefficient (Wildman–Crippen LogP) is 5.39. The fourth-order valence-electron chi connectivity index (χ4n) is 2.28. The average Bonchev–Trinajstić information content (AvgIpc) is 2.57. The number of fused-ring (bicyclic) bond motifs is 2. The summed E-state index contributed by atoms with van der Waals surface area (Å²) in [6.07, 6.45) is 0. The summed E-state index contributed by atoms with van der Waals surface area (Å²) in [4.78, 5) is 7.27. The van der Waals surface area contributed by atoms with Crippen LogP contribution >= 0.6 is 11.6 Å². The van der Waals surface area contributed by atoms with E-state index < -0.39 is 23.3 Å². The molecule has 0 aliphatic carbocycles. The van der Waals surface area contributed by atoms with Gasteiger partial charge < -0.3 is 5.11 Å². The van der Waals surface area contributed by atoms with E-state index in [0.717, 1.165) is 18.2 Å². The van der Waals surface area contributed by atoms with Gasteiger partial charge in [0.05, 0.1) is 0 Å². The van der Waals surface area contributed by atoms with Crippen molar-refractivity contribution in [3.8, 4) is 5.88 Å². The molecule has 8 heteroatoms. The average molecular weight is 381 g/mol. The quantitative estimate of drug-likeness (QED) is 0.329. The maximum Gasteiger partial charge on any atom is 0.211 e. The molecule has 132 valence electrons. The molecule has 26 heavy (non-hydrogen) atoms. The molecule has 2 aromatic heterocycles. The Balaban J connectivity index is 0.000000151. The van der Waals surface area contributed by atoms with E-state index in [1.54, 1.807) is 0 Å². The van der Waals surface area contributed by atoms with Crippen LogP contribution in [0.5, 0.6) is 5.88 Å². The van der Waals surface area contributed by atoms with Crippen LogP contribution in [0.1, 0.15) is 0 Å². The number of aromatic nitrogens is 2. The third-order valence-electron chi connectivity index (χ3n) is 3.37. The summed E-state index contributed by atoms with van der Waals surface area (Å²) in [5, 5.41) is 9.88. The molecule has 2 heterocycles. The summed E-state index contributed by atoms with van der Waals surface area (Å²) < 4.78 is 51.4. The maximum atomic E-state index is 13.1. The van der Waals surface area contributed by atoms with Gasteiger partial charge in [0.25, 0.3) is 0 Å². The number of hydrogen-bond acceptors (Lipinski definition) is 3. The molecular formula is C18H9ClF4N2O. The summed E-state index contributed by atoms with van der Waals surface area (Å²) in [6.45, 7) is 0. The minimum Gasteiger partial charge on any atom is -0.493 e. The minimum atomic E-state index is -0.772. The van der Waals surface area contributed by atoms with Crippen molar-refractivity contribution in [1.29, 1.82) is 0 Å². The third-order valence-corrected chi connectivity index (χ3v) is 3.58. The lowest BCUT2D eigenvalue weighted by Crippen LogP contribution is -1.86. The monoisotopic (exact) mass is 380 g/mol. The van der Waals surface area contributed by atoms with Crippen LogP contribution in [-0.2, 0) is 0 Å². The molecule has 0 unspecified atom stereocenters. The smallest absolute Gasteiger partial charge is 0.211 e. The van der Waals surface area contributed by atoms with Gasteiger partial charge in [-0.25, -0.2) is 27.5 Å². The molecule has 0 aliphatic rings. The molecule has 1 N–H and O–H groups in total. The second-order valence-electron chi connectivity index (χ2n) is 5.22. The molecule has 0 saturated carbocycles. The highest BCUT2D eigenvalue weighted by Crippen LogP contribution is 2.20. The molecule has 0 bridgehead atoms. The van der Waals surface area contributed by atoms with Gasteiger partial charge >= 0.3 is 0 Å². The van der Waals surface area contributed by atoms with Crippen LogP contribution in [0.4, 0.5) is 17.6 Å². The van der Waals surface area contributed by atoms with E-state index in [1.165, 1.54) is 30.3 Å². The van der Waals surface area contributed by atoms with Crippen LogP contribution in [-0.4, -0.2) is 15.1 Å². The lowest BCUT2D eigenvalue weighted by Gasteiger charge is -1.99. The molecule has 4 rings (SSSR count). The molecule has 0 amide bonds. The van der Waals surface area contributed by atoms with Crippen LogP contribution in [0, 0.1) is 23.3 Å². The van der Waals surface area contributed by atoms with Crippen molar-refractivity contribution in [2.24, 2.45) is 0 Å². The Kier molecular flexibility index (Phi) is 4.90. The van der Waals surface area contributed by atoms with Gasteiger partial charge in [0.2, 0.25) is 5.88 Å². The predicted molar refractivity (Wildman–Crippen MR) is 90.0 cm³/mol. The second-order valence-corrected chi connectivity index (χ2v) is 5.61. The first kappa shape index (κ1) is 17.9. The Labute approximate surface area is 149 Å². The highest BCUT2D eigenvalue weighted by atomic mass is 35.5. The zero-order valence-corrected chi connectivity index (χ0v) is 13.6. The van der Waals surface area contributed by atoms with Crippen molar-refractivity contribution >= 4 is 33.4 Å². The van der Waals surface area contributed by atoms with Crippen LogP contribution in [0.25, 0.3) is 21.8 Å². The molecule has 0 saturated heterocycles. The highest BCUT2D eigenvalue weighted by molar-refractivity contribution is 6.29.